The predicted molar refractivity (Wildman–Crippen MR) is 115 cm³/mol. The van der Waals surface area contributed by atoms with Crippen molar-refractivity contribution in [2.75, 3.05) is 46.9 Å². The molecule has 1 aromatic rings. The number of fused-ring (bicyclic) bond motifs is 1. The first kappa shape index (κ1) is 21.1. The van der Waals surface area contributed by atoms with Crippen molar-refractivity contribution < 1.29 is 23.9 Å². The molecule has 4 amide bonds. The number of rotatable bonds is 5. The van der Waals surface area contributed by atoms with Crippen LogP contribution in [0.1, 0.15) is 25.7 Å². The van der Waals surface area contributed by atoms with Gasteiger partial charge in [0.2, 0.25) is 5.91 Å². The third-order valence-corrected chi connectivity index (χ3v) is 6.96. The lowest BCUT2D eigenvalue weighted by atomic mass is 10.0. The van der Waals surface area contributed by atoms with E-state index in [1.54, 1.807) is 14.1 Å². The Kier molecular flexibility index (Phi) is 5.23. The summed E-state index contributed by atoms with van der Waals surface area (Å²) < 4.78 is 11.9. The van der Waals surface area contributed by atoms with Crippen LogP contribution in [0.2, 0.25) is 0 Å². The van der Waals surface area contributed by atoms with E-state index in [9.17, 15) is 14.4 Å². The zero-order chi connectivity index (χ0) is 22.5. The number of likely N-dealkylation sites (tertiary alicyclic amines) is 1. The van der Waals surface area contributed by atoms with Gasteiger partial charge in [0, 0.05) is 27.2 Å². The second-order valence-corrected chi connectivity index (χ2v) is 9.42. The van der Waals surface area contributed by atoms with E-state index in [1.807, 2.05) is 24.3 Å². The first-order valence-corrected chi connectivity index (χ1v) is 11.4. The van der Waals surface area contributed by atoms with Crippen LogP contribution in [0.15, 0.2) is 24.3 Å². The fraction of sp³-hybridized carbons (Fsp3) is 0.609. The van der Waals surface area contributed by atoms with E-state index in [4.69, 9.17) is 9.47 Å². The molecule has 0 bridgehead atoms. The van der Waals surface area contributed by atoms with E-state index < -0.39 is 5.54 Å². The number of imide groups is 1. The standard InChI is InChI=1S/C23H30N4O5/c1-24(2)20(28)14-26-22(30)27(21(29)23(26)9-10-23)16-6-5-11-25(12-16)13-17-15-31-18-7-3-4-8-19(18)32-17/h3-4,7-8,16-17H,5-6,9-15H2,1-2H3. The van der Waals surface area contributed by atoms with Gasteiger partial charge in [0.05, 0.1) is 6.04 Å². The summed E-state index contributed by atoms with van der Waals surface area (Å²) in [5.41, 5.74) is -0.797. The van der Waals surface area contributed by atoms with E-state index in [-0.39, 0.29) is 36.5 Å². The second-order valence-electron chi connectivity index (χ2n) is 9.42. The molecule has 3 aliphatic heterocycles. The first-order chi connectivity index (χ1) is 15.4. The van der Waals surface area contributed by atoms with Crippen LogP contribution in [0.4, 0.5) is 4.79 Å². The van der Waals surface area contributed by atoms with Crippen molar-refractivity contribution in [2.45, 2.75) is 43.4 Å². The van der Waals surface area contributed by atoms with Crippen LogP contribution in [0.5, 0.6) is 11.5 Å². The van der Waals surface area contributed by atoms with Crippen molar-refractivity contribution in [3.63, 3.8) is 0 Å². The van der Waals surface area contributed by atoms with Crippen molar-refractivity contribution in [3.05, 3.63) is 24.3 Å². The van der Waals surface area contributed by atoms with Gasteiger partial charge in [-0.25, -0.2) is 4.79 Å². The lowest BCUT2D eigenvalue weighted by molar-refractivity contribution is -0.132. The Hall–Kier alpha value is -2.81. The highest BCUT2D eigenvalue weighted by molar-refractivity contribution is 6.10. The topological polar surface area (TPSA) is 82.6 Å². The Morgan fingerprint density at radius 2 is 1.94 bits per heavy atom. The second kappa shape index (κ2) is 7.95. The third kappa shape index (κ3) is 3.58. The predicted octanol–water partition coefficient (Wildman–Crippen LogP) is 1.18. The highest BCUT2D eigenvalue weighted by atomic mass is 16.6. The Labute approximate surface area is 187 Å². The molecular formula is C23H30N4O5. The number of hydrogen-bond acceptors (Lipinski definition) is 6. The number of benzene rings is 1. The van der Waals surface area contributed by atoms with E-state index in [0.717, 1.165) is 30.9 Å². The Morgan fingerprint density at radius 3 is 2.66 bits per heavy atom. The molecule has 3 heterocycles. The molecule has 3 fully saturated rings. The van der Waals surface area contributed by atoms with Gasteiger partial charge in [0.15, 0.2) is 11.5 Å². The maximum atomic E-state index is 13.3. The third-order valence-electron chi connectivity index (χ3n) is 6.96. The van der Waals surface area contributed by atoms with Crippen molar-refractivity contribution in [3.8, 4) is 11.5 Å². The highest BCUT2D eigenvalue weighted by Gasteiger charge is 2.66. The molecule has 2 unspecified atom stereocenters. The first-order valence-electron chi connectivity index (χ1n) is 11.4. The summed E-state index contributed by atoms with van der Waals surface area (Å²) in [4.78, 5) is 45.5. The van der Waals surface area contributed by atoms with E-state index >= 15 is 0 Å². The van der Waals surface area contributed by atoms with Crippen LogP contribution in [0, 0.1) is 0 Å². The number of carbonyl (C=O) groups excluding carboxylic acids is 3. The zero-order valence-corrected chi connectivity index (χ0v) is 18.7. The number of para-hydroxylation sites is 2. The average Bonchev–Trinajstić information content (AvgIpc) is 3.56. The van der Waals surface area contributed by atoms with Gasteiger partial charge >= 0.3 is 6.03 Å². The minimum atomic E-state index is -0.797. The number of nitrogens with zero attached hydrogens (tertiary/aromatic N) is 4. The Balaban J connectivity index is 1.25. The van der Waals surface area contributed by atoms with Gasteiger partial charge in [-0.3, -0.25) is 19.4 Å². The molecule has 1 aromatic carbocycles. The van der Waals surface area contributed by atoms with Gasteiger partial charge in [-0.15, -0.1) is 0 Å². The summed E-state index contributed by atoms with van der Waals surface area (Å²) in [5.74, 6) is 1.21. The summed E-state index contributed by atoms with van der Waals surface area (Å²) in [5, 5.41) is 0. The minimum absolute atomic E-state index is 0.0445. The van der Waals surface area contributed by atoms with Crippen molar-refractivity contribution in [1.82, 2.24) is 19.6 Å². The van der Waals surface area contributed by atoms with Crippen LogP contribution in [-0.2, 0) is 9.59 Å². The number of amides is 4. The van der Waals surface area contributed by atoms with Gasteiger partial charge in [-0.05, 0) is 44.4 Å². The normalized spacial score (nSPS) is 26.6. The van der Waals surface area contributed by atoms with Crippen LogP contribution in [0.3, 0.4) is 0 Å². The van der Waals surface area contributed by atoms with Crippen LogP contribution in [-0.4, -0.2) is 102 Å². The average molecular weight is 443 g/mol. The van der Waals surface area contributed by atoms with Gasteiger partial charge < -0.3 is 19.3 Å². The van der Waals surface area contributed by atoms with E-state index in [0.29, 0.717) is 32.5 Å². The van der Waals surface area contributed by atoms with Gasteiger partial charge in [0.25, 0.3) is 5.91 Å². The molecule has 2 atom stereocenters. The minimum Gasteiger partial charge on any atom is -0.486 e. The maximum Gasteiger partial charge on any atom is 0.328 e. The van der Waals surface area contributed by atoms with Crippen molar-refractivity contribution >= 4 is 17.8 Å². The molecule has 5 rings (SSSR count). The molecule has 2 saturated heterocycles. The summed E-state index contributed by atoms with van der Waals surface area (Å²) in [7, 11) is 3.33. The fourth-order valence-electron chi connectivity index (χ4n) is 5.01. The van der Waals surface area contributed by atoms with Crippen molar-refractivity contribution in [2.24, 2.45) is 0 Å². The molecule has 32 heavy (non-hydrogen) atoms. The molecule has 1 spiro atoms. The summed E-state index contributed by atoms with van der Waals surface area (Å²) in [6.07, 6.45) is 2.85. The lowest BCUT2D eigenvalue weighted by Gasteiger charge is -2.38. The zero-order valence-electron chi connectivity index (χ0n) is 18.7. The monoisotopic (exact) mass is 442 g/mol. The molecule has 0 radical (unpaired) electrons. The molecule has 172 valence electrons. The number of hydrogen-bond donors (Lipinski definition) is 0. The fourth-order valence-corrected chi connectivity index (χ4v) is 5.01. The number of likely N-dealkylation sites (N-methyl/N-ethyl adjacent to an activating group) is 1. The summed E-state index contributed by atoms with van der Waals surface area (Å²) in [6, 6.07) is 7.14. The van der Waals surface area contributed by atoms with Gasteiger partial charge in [-0.1, -0.05) is 12.1 Å². The quantitative estimate of drug-likeness (QED) is 0.637. The largest absolute Gasteiger partial charge is 0.486 e. The molecular weight excluding hydrogens is 412 g/mol. The highest BCUT2D eigenvalue weighted by Crippen LogP contribution is 2.48. The van der Waals surface area contributed by atoms with Gasteiger partial charge in [-0.2, -0.15) is 0 Å². The Bertz CT molecular complexity index is 931. The van der Waals surface area contributed by atoms with E-state index in [1.165, 1.54) is 14.7 Å². The Morgan fingerprint density at radius 1 is 1.19 bits per heavy atom. The van der Waals surface area contributed by atoms with Crippen LogP contribution >= 0.6 is 0 Å². The molecule has 1 aliphatic carbocycles. The maximum absolute atomic E-state index is 13.3. The molecule has 0 aromatic heterocycles. The molecule has 0 N–H and O–H groups in total. The number of piperidine rings is 1. The number of carbonyl (C=O) groups is 3. The number of ether oxygens (including phenoxy) is 2. The number of urea groups is 1. The van der Waals surface area contributed by atoms with Gasteiger partial charge in [0.1, 0.15) is 24.8 Å². The summed E-state index contributed by atoms with van der Waals surface area (Å²) >= 11 is 0. The molecule has 9 nitrogen and oxygen atoms in total. The SMILES string of the molecule is CN(C)C(=O)CN1C(=O)N(C2CCCN(CC3COc4ccccc4O3)C2)C(=O)C12CC2. The lowest BCUT2D eigenvalue weighted by Crippen LogP contribution is -2.53. The van der Waals surface area contributed by atoms with Crippen LogP contribution in [0.25, 0.3) is 0 Å². The van der Waals surface area contributed by atoms with Crippen LogP contribution < -0.4 is 9.47 Å². The van der Waals surface area contributed by atoms with Crippen molar-refractivity contribution in [1.29, 1.82) is 0 Å². The molecule has 4 aliphatic rings. The van der Waals surface area contributed by atoms with E-state index in [2.05, 4.69) is 4.90 Å². The molecule has 9 heteroatoms. The molecule has 1 saturated carbocycles. The summed E-state index contributed by atoms with van der Waals surface area (Å²) in [6.45, 7) is 2.61. The smallest absolute Gasteiger partial charge is 0.328 e.